The molecule has 172 valence electrons. The molecule has 0 saturated carbocycles. The lowest BCUT2D eigenvalue weighted by molar-refractivity contribution is -0.117. The summed E-state index contributed by atoms with van der Waals surface area (Å²) in [6, 6.07) is 3.38. The van der Waals surface area contributed by atoms with Crippen molar-refractivity contribution in [1.82, 2.24) is 14.2 Å². The predicted octanol–water partition coefficient (Wildman–Crippen LogP) is 1.94. The van der Waals surface area contributed by atoms with Gasteiger partial charge in [0, 0.05) is 18.8 Å². The minimum Gasteiger partial charge on any atom is -0.360 e. The summed E-state index contributed by atoms with van der Waals surface area (Å²) in [5.74, 6) is -0.534. The number of nitrogens with one attached hydrogen (secondary N) is 2. The summed E-state index contributed by atoms with van der Waals surface area (Å²) in [5, 5.41) is 6.18. The van der Waals surface area contributed by atoms with Crippen molar-refractivity contribution in [3.05, 3.63) is 35.2 Å². The van der Waals surface area contributed by atoms with Crippen molar-refractivity contribution in [1.29, 1.82) is 0 Å². The molecule has 0 aliphatic carbocycles. The quantitative estimate of drug-likeness (QED) is 0.568. The SMILES string of the molecule is CCN(CC)S(=O)(=O)c1cc(NC(=O)[C@H](C)NS(=O)(=O)c2c(C)noc2C)ccc1C. The molecule has 0 aliphatic rings. The fourth-order valence-corrected chi connectivity index (χ4v) is 6.35. The molecule has 1 amide bonds. The number of benzene rings is 1. The summed E-state index contributed by atoms with van der Waals surface area (Å²) < 4.78 is 59.4. The lowest BCUT2D eigenvalue weighted by atomic mass is 10.2. The smallest absolute Gasteiger partial charge is 0.246 e. The van der Waals surface area contributed by atoms with E-state index in [-0.39, 0.29) is 26.9 Å². The maximum atomic E-state index is 12.9. The molecule has 1 aromatic carbocycles. The maximum Gasteiger partial charge on any atom is 0.246 e. The first-order chi connectivity index (χ1) is 14.3. The van der Waals surface area contributed by atoms with Crippen LogP contribution in [0.2, 0.25) is 0 Å². The molecule has 0 spiro atoms. The second-order valence-corrected chi connectivity index (χ2v) is 10.6. The number of carbonyl (C=O) groups excluding carboxylic acids is 1. The molecule has 1 heterocycles. The van der Waals surface area contributed by atoms with Crippen LogP contribution in [0.1, 0.15) is 37.8 Å². The number of hydrogen-bond donors (Lipinski definition) is 2. The monoisotopic (exact) mass is 472 g/mol. The molecule has 0 bridgehead atoms. The molecule has 31 heavy (non-hydrogen) atoms. The van der Waals surface area contributed by atoms with Crippen molar-refractivity contribution in [3.63, 3.8) is 0 Å². The second kappa shape index (κ2) is 9.47. The first-order valence-electron chi connectivity index (χ1n) is 9.72. The van der Waals surface area contributed by atoms with E-state index in [0.29, 0.717) is 18.7 Å². The number of nitrogens with zero attached hydrogens (tertiary/aromatic N) is 2. The molecule has 12 heteroatoms. The Morgan fingerprint density at radius 2 is 1.74 bits per heavy atom. The van der Waals surface area contributed by atoms with E-state index in [2.05, 4.69) is 15.2 Å². The van der Waals surface area contributed by atoms with Crippen molar-refractivity contribution in [3.8, 4) is 0 Å². The number of aromatic nitrogens is 1. The highest BCUT2D eigenvalue weighted by Crippen LogP contribution is 2.24. The van der Waals surface area contributed by atoms with E-state index in [9.17, 15) is 21.6 Å². The molecule has 1 atom stereocenters. The molecule has 2 aromatic rings. The average Bonchev–Trinajstić information content (AvgIpc) is 3.02. The van der Waals surface area contributed by atoms with Crippen LogP contribution in [-0.4, -0.2) is 51.3 Å². The summed E-state index contributed by atoms with van der Waals surface area (Å²) in [6.45, 7) is 10.1. The van der Waals surface area contributed by atoms with Gasteiger partial charge in [0.05, 0.1) is 10.9 Å². The second-order valence-electron chi connectivity index (χ2n) is 7.06. The minimum atomic E-state index is -4.04. The lowest BCUT2D eigenvalue weighted by Gasteiger charge is -2.20. The van der Waals surface area contributed by atoms with Gasteiger partial charge in [-0.15, -0.1) is 0 Å². The van der Waals surface area contributed by atoms with E-state index in [4.69, 9.17) is 4.52 Å². The molecule has 0 saturated heterocycles. The Hall–Kier alpha value is -2.28. The summed E-state index contributed by atoms with van der Waals surface area (Å²) in [6.07, 6.45) is 0. The van der Waals surface area contributed by atoms with E-state index in [1.807, 2.05) is 0 Å². The number of aryl methyl sites for hydroxylation is 3. The fraction of sp³-hybridized carbons (Fsp3) is 0.474. The van der Waals surface area contributed by atoms with Crippen LogP contribution in [0.3, 0.4) is 0 Å². The minimum absolute atomic E-state index is 0.0814. The molecular weight excluding hydrogens is 444 g/mol. The van der Waals surface area contributed by atoms with Gasteiger partial charge in [-0.25, -0.2) is 16.8 Å². The third-order valence-corrected chi connectivity index (χ3v) is 8.72. The Morgan fingerprint density at radius 3 is 2.26 bits per heavy atom. The summed E-state index contributed by atoms with van der Waals surface area (Å²) >= 11 is 0. The lowest BCUT2D eigenvalue weighted by Crippen LogP contribution is -2.41. The summed E-state index contributed by atoms with van der Waals surface area (Å²) in [4.78, 5) is 12.6. The number of rotatable bonds is 9. The molecule has 1 aromatic heterocycles. The standard InChI is InChI=1S/C19H28N4O6S2/c1-7-23(8-2)31(27,28)17-11-16(10-9-12(17)3)20-19(24)14(5)22-30(25,26)18-13(4)21-29-15(18)6/h9-11,14,22H,7-8H2,1-6H3,(H,20,24)/t14-/m0/s1. The van der Waals surface area contributed by atoms with Gasteiger partial charge in [-0.05, 0) is 45.4 Å². The molecular formula is C19H28N4O6S2. The fourth-order valence-electron chi connectivity index (χ4n) is 3.11. The number of carbonyl (C=O) groups is 1. The van der Waals surface area contributed by atoms with Gasteiger partial charge in [-0.1, -0.05) is 25.1 Å². The van der Waals surface area contributed by atoms with Crippen LogP contribution in [0.4, 0.5) is 5.69 Å². The zero-order valence-corrected chi connectivity index (χ0v) is 20.0. The van der Waals surface area contributed by atoms with Crippen LogP contribution in [0.5, 0.6) is 0 Å². The first kappa shape index (κ1) is 25.0. The van der Waals surface area contributed by atoms with Gasteiger partial charge >= 0.3 is 0 Å². The van der Waals surface area contributed by atoms with Gasteiger partial charge in [0.1, 0.15) is 10.6 Å². The average molecular weight is 473 g/mol. The van der Waals surface area contributed by atoms with Crippen LogP contribution >= 0.6 is 0 Å². The Morgan fingerprint density at radius 1 is 1.13 bits per heavy atom. The van der Waals surface area contributed by atoms with Crippen LogP contribution in [0.25, 0.3) is 0 Å². The topological polar surface area (TPSA) is 139 Å². The Labute approximate surface area is 183 Å². The Kier molecular flexibility index (Phi) is 7.63. The summed E-state index contributed by atoms with van der Waals surface area (Å²) in [7, 11) is -7.77. The van der Waals surface area contributed by atoms with Crippen LogP contribution in [0, 0.1) is 20.8 Å². The maximum absolute atomic E-state index is 12.9. The van der Waals surface area contributed by atoms with Gasteiger partial charge in [-0.3, -0.25) is 4.79 Å². The van der Waals surface area contributed by atoms with Gasteiger partial charge in [0.2, 0.25) is 26.0 Å². The molecule has 0 aliphatic heterocycles. The normalized spacial score (nSPS) is 13.4. The van der Waals surface area contributed by atoms with Crippen LogP contribution < -0.4 is 10.0 Å². The third kappa shape index (κ3) is 5.32. The predicted molar refractivity (Wildman–Crippen MR) is 116 cm³/mol. The largest absolute Gasteiger partial charge is 0.360 e. The molecule has 10 nitrogen and oxygen atoms in total. The molecule has 0 fully saturated rings. The Balaban J connectivity index is 2.24. The Bertz CT molecular complexity index is 1150. The van der Waals surface area contributed by atoms with E-state index < -0.39 is 32.0 Å². The van der Waals surface area contributed by atoms with Crippen molar-refractivity contribution in [2.45, 2.75) is 57.4 Å². The van der Waals surface area contributed by atoms with Gasteiger partial charge < -0.3 is 9.84 Å². The van der Waals surface area contributed by atoms with Crippen molar-refractivity contribution >= 4 is 31.6 Å². The summed E-state index contributed by atoms with van der Waals surface area (Å²) in [5.41, 5.74) is 0.962. The van der Waals surface area contributed by atoms with E-state index in [1.165, 1.54) is 31.1 Å². The number of amides is 1. The first-order valence-corrected chi connectivity index (χ1v) is 12.6. The van der Waals surface area contributed by atoms with Crippen molar-refractivity contribution in [2.75, 3.05) is 18.4 Å². The third-order valence-electron chi connectivity index (χ3n) is 4.74. The molecule has 2 rings (SSSR count). The number of hydrogen-bond acceptors (Lipinski definition) is 7. The number of sulfonamides is 2. The highest BCUT2D eigenvalue weighted by Gasteiger charge is 2.29. The van der Waals surface area contributed by atoms with E-state index in [1.54, 1.807) is 32.9 Å². The highest BCUT2D eigenvalue weighted by molar-refractivity contribution is 7.89. The number of anilines is 1. The zero-order chi connectivity index (χ0) is 23.6. The van der Waals surface area contributed by atoms with Gasteiger partial charge in [0.25, 0.3) is 0 Å². The highest BCUT2D eigenvalue weighted by atomic mass is 32.2. The molecule has 0 unspecified atom stereocenters. The van der Waals surface area contributed by atoms with Crippen LogP contribution in [-0.2, 0) is 24.8 Å². The van der Waals surface area contributed by atoms with Crippen LogP contribution in [0.15, 0.2) is 32.5 Å². The van der Waals surface area contributed by atoms with E-state index in [0.717, 1.165) is 0 Å². The zero-order valence-electron chi connectivity index (χ0n) is 18.4. The van der Waals surface area contributed by atoms with Gasteiger partial charge in [0.15, 0.2) is 5.76 Å². The molecule has 2 N–H and O–H groups in total. The van der Waals surface area contributed by atoms with E-state index >= 15 is 0 Å². The van der Waals surface area contributed by atoms with Crippen molar-refractivity contribution in [2.24, 2.45) is 0 Å². The molecule has 0 radical (unpaired) electrons. The van der Waals surface area contributed by atoms with Gasteiger partial charge in [-0.2, -0.15) is 9.03 Å². The van der Waals surface area contributed by atoms with Crippen molar-refractivity contribution < 1.29 is 26.2 Å².